The molecule has 0 aliphatic rings. The zero-order valence-corrected chi connectivity index (χ0v) is 15.5. The molecule has 0 aliphatic heterocycles. The third kappa shape index (κ3) is 5.04. The summed E-state index contributed by atoms with van der Waals surface area (Å²) in [6.07, 6.45) is 0. The lowest BCUT2D eigenvalue weighted by molar-refractivity contribution is -0.116. The zero-order valence-electron chi connectivity index (χ0n) is 14.6. The van der Waals surface area contributed by atoms with E-state index in [-0.39, 0.29) is 23.9 Å². The second-order valence-electron chi connectivity index (χ2n) is 5.79. The standard InChI is InChI=1S/C18H23N3O3S/c1-15(22)21(17-11-9-16(10-12-17)20(2)3)14-13-19-25(23,24)18-7-5-4-6-8-18/h4-12,19H,13-14H2,1-3H3. The highest BCUT2D eigenvalue weighted by molar-refractivity contribution is 7.89. The van der Waals surface area contributed by atoms with Crippen LogP contribution in [0.15, 0.2) is 59.5 Å². The summed E-state index contributed by atoms with van der Waals surface area (Å²) >= 11 is 0. The minimum Gasteiger partial charge on any atom is -0.378 e. The van der Waals surface area contributed by atoms with E-state index in [1.54, 1.807) is 23.1 Å². The number of benzene rings is 2. The molecule has 0 fully saturated rings. The van der Waals surface area contributed by atoms with Gasteiger partial charge in [0, 0.05) is 45.5 Å². The van der Waals surface area contributed by atoms with Gasteiger partial charge in [0.1, 0.15) is 0 Å². The van der Waals surface area contributed by atoms with Crippen LogP contribution in [-0.2, 0) is 14.8 Å². The van der Waals surface area contributed by atoms with E-state index in [0.29, 0.717) is 0 Å². The summed E-state index contributed by atoms with van der Waals surface area (Å²) < 4.78 is 27.0. The fourth-order valence-corrected chi connectivity index (χ4v) is 3.42. The Labute approximate surface area is 149 Å². The molecule has 1 N–H and O–H groups in total. The van der Waals surface area contributed by atoms with Crippen molar-refractivity contribution in [1.29, 1.82) is 0 Å². The van der Waals surface area contributed by atoms with Crippen LogP contribution in [0.25, 0.3) is 0 Å². The summed E-state index contributed by atoms with van der Waals surface area (Å²) in [4.78, 5) is 15.7. The van der Waals surface area contributed by atoms with Crippen molar-refractivity contribution >= 4 is 27.3 Å². The van der Waals surface area contributed by atoms with E-state index in [2.05, 4.69) is 4.72 Å². The van der Waals surface area contributed by atoms with Gasteiger partial charge in [0.05, 0.1) is 4.90 Å². The number of carbonyl (C=O) groups excluding carboxylic acids is 1. The maximum Gasteiger partial charge on any atom is 0.240 e. The van der Waals surface area contributed by atoms with Gasteiger partial charge in [-0.1, -0.05) is 18.2 Å². The van der Waals surface area contributed by atoms with Crippen molar-refractivity contribution in [3.63, 3.8) is 0 Å². The average molecular weight is 361 g/mol. The van der Waals surface area contributed by atoms with Crippen molar-refractivity contribution in [2.45, 2.75) is 11.8 Å². The molecule has 6 nitrogen and oxygen atoms in total. The third-order valence-corrected chi connectivity index (χ3v) is 5.22. The van der Waals surface area contributed by atoms with Crippen LogP contribution in [0.1, 0.15) is 6.92 Å². The zero-order chi connectivity index (χ0) is 18.4. The number of rotatable bonds is 7. The van der Waals surface area contributed by atoms with E-state index in [1.807, 2.05) is 43.3 Å². The van der Waals surface area contributed by atoms with Crippen molar-refractivity contribution < 1.29 is 13.2 Å². The first-order valence-electron chi connectivity index (χ1n) is 7.91. The normalized spacial score (nSPS) is 11.2. The molecule has 1 amide bonds. The number of amides is 1. The molecule has 0 radical (unpaired) electrons. The molecule has 0 bridgehead atoms. The molecular formula is C18H23N3O3S. The summed E-state index contributed by atoms with van der Waals surface area (Å²) in [6, 6.07) is 15.7. The minimum atomic E-state index is -3.58. The van der Waals surface area contributed by atoms with Gasteiger partial charge in [-0.3, -0.25) is 4.79 Å². The van der Waals surface area contributed by atoms with E-state index in [9.17, 15) is 13.2 Å². The van der Waals surface area contributed by atoms with E-state index in [1.165, 1.54) is 19.1 Å². The minimum absolute atomic E-state index is 0.131. The van der Waals surface area contributed by atoms with Gasteiger partial charge in [-0.2, -0.15) is 0 Å². The lowest BCUT2D eigenvalue weighted by Crippen LogP contribution is -2.37. The first-order valence-corrected chi connectivity index (χ1v) is 9.40. The fraction of sp³-hybridized carbons (Fsp3) is 0.278. The van der Waals surface area contributed by atoms with Crippen molar-refractivity contribution in [2.24, 2.45) is 0 Å². The summed E-state index contributed by atoms with van der Waals surface area (Å²) in [6.45, 7) is 1.85. The maximum absolute atomic E-state index is 12.2. The predicted molar refractivity (Wildman–Crippen MR) is 100 cm³/mol. The van der Waals surface area contributed by atoms with Crippen LogP contribution in [-0.4, -0.2) is 41.5 Å². The van der Waals surface area contributed by atoms with E-state index < -0.39 is 10.0 Å². The molecule has 2 aromatic carbocycles. The first-order chi connectivity index (χ1) is 11.8. The van der Waals surface area contributed by atoms with Crippen LogP contribution in [0.3, 0.4) is 0 Å². The Hall–Kier alpha value is -2.38. The van der Waals surface area contributed by atoms with Crippen LogP contribution >= 0.6 is 0 Å². The van der Waals surface area contributed by atoms with Crippen molar-refractivity contribution in [2.75, 3.05) is 37.0 Å². The fourth-order valence-electron chi connectivity index (χ4n) is 2.37. The van der Waals surface area contributed by atoms with E-state index in [4.69, 9.17) is 0 Å². The Balaban J connectivity index is 2.04. The smallest absolute Gasteiger partial charge is 0.240 e. The van der Waals surface area contributed by atoms with Gasteiger partial charge < -0.3 is 9.80 Å². The highest BCUT2D eigenvalue weighted by atomic mass is 32.2. The molecule has 0 saturated carbocycles. The monoisotopic (exact) mass is 361 g/mol. The number of nitrogens with one attached hydrogen (secondary N) is 1. The topological polar surface area (TPSA) is 69.7 Å². The Bertz CT molecular complexity index is 803. The van der Waals surface area contributed by atoms with Crippen LogP contribution in [0.4, 0.5) is 11.4 Å². The molecule has 0 heterocycles. The Morgan fingerprint density at radius 3 is 2.04 bits per heavy atom. The second kappa shape index (κ2) is 8.13. The SMILES string of the molecule is CC(=O)N(CCNS(=O)(=O)c1ccccc1)c1ccc(N(C)C)cc1. The van der Waals surface area contributed by atoms with Gasteiger partial charge >= 0.3 is 0 Å². The van der Waals surface area contributed by atoms with Crippen molar-refractivity contribution in [1.82, 2.24) is 4.72 Å². The number of hydrogen-bond acceptors (Lipinski definition) is 4. The highest BCUT2D eigenvalue weighted by Gasteiger charge is 2.16. The second-order valence-corrected chi connectivity index (χ2v) is 7.56. The average Bonchev–Trinajstić information content (AvgIpc) is 2.59. The van der Waals surface area contributed by atoms with Crippen molar-refractivity contribution in [3.8, 4) is 0 Å². The number of carbonyl (C=O) groups is 1. The number of nitrogens with zero attached hydrogens (tertiary/aromatic N) is 2. The van der Waals surface area contributed by atoms with Gasteiger partial charge in [0.2, 0.25) is 15.9 Å². The van der Waals surface area contributed by atoms with Gasteiger partial charge in [-0.05, 0) is 36.4 Å². The van der Waals surface area contributed by atoms with E-state index >= 15 is 0 Å². The lowest BCUT2D eigenvalue weighted by atomic mass is 10.2. The van der Waals surface area contributed by atoms with E-state index in [0.717, 1.165) is 11.4 Å². The van der Waals surface area contributed by atoms with Gasteiger partial charge in [0.25, 0.3) is 0 Å². The van der Waals surface area contributed by atoms with Gasteiger partial charge in [-0.15, -0.1) is 0 Å². The molecule has 0 aliphatic carbocycles. The summed E-state index contributed by atoms with van der Waals surface area (Å²) in [5.41, 5.74) is 1.76. The number of sulfonamides is 1. The Morgan fingerprint density at radius 2 is 1.52 bits per heavy atom. The first kappa shape index (κ1) is 19.0. The number of anilines is 2. The molecule has 134 valence electrons. The molecule has 25 heavy (non-hydrogen) atoms. The largest absolute Gasteiger partial charge is 0.378 e. The summed E-state index contributed by atoms with van der Waals surface area (Å²) in [5.74, 6) is -0.142. The molecule has 7 heteroatoms. The van der Waals surface area contributed by atoms with Crippen LogP contribution in [0.5, 0.6) is 0 Å². The predicted octanol–water partition coefficient (Wildman–Crippen LogP) is 2.08. The maximum atomic E-state index is 12.2. The van der Waals surface area contributed by atoms with Crippen LogP contribution in [0, 0.1) is 0 Å². The Morgan fingerprint density at radius 1 is 0.960 bits per heavy atom. The molecule has 0 spiro atoms. The quantitative estimate of drug-likeness (QED) is 0.820. The summed E-state index contributed by atoms with van der Waals surface area (Å²) in [5, 5.41) is 0. The number of hydrogen-bond donors (Lipinski definition) is 1. The molecule has 2 rings (SSSR count). The third-order valence-electron chi connectivity index (χ3n) is 3.74. The van der Waals surface area contributed by atoms with Gasteiger partial charge in [0.15, 0.2) is 0 Å². The van der Waals surface area contributed by atoms with Crippen LogP contribution < -0.4 is 14.5 Å². The molecular weight excluding hydrogens is 338 g/mol. The summed E-state index contributed by atoms with van der Waals surface area (Å²) in [7, 11) is 0.305. The van der Waals surface area contributed by atoms with Crippen LogP contribution in [0.2, 0.25) is 0 Å². The molecule has 0 atom stereocenters. The Kier molecular flexibility index (Phi) is 6.17. The molecule has 0 aromatic heterocycles. The molecule has 2 aromatic rings. The lowest BCUT2D eigenvalue weighted by Gasteiger charge is -2.22. The highest BCUT2D eigenvalue weighted by Crippen LogP contribution is 2.19. The molecule has 0 saturated heterocycles. The van der Waals surface area contributed by atoms with Crippen molar-refractivity contribution in [3.05, 3.63) is 54.6 Å². The molecule has 0 unspecified atom stereocenters. The van der Waals surface area contributed by atoms with Gasteiger partial charge in [-0.25, -0.2) is 13.1 Å².